The Morgan fingerprint density at radius 1 is 1.47 bits per heavy atom. The Kier molecular flexibility index (Phi) is 4.88. The van der Waals surface area contributed by atoms with Crippen LogP contribution in [0.5, 0.6) is 0 Å². The van der Waals surface area contributed by atoms with Crippen LogP contribution in [0.2, 0.25) is 0 Å². The molecule has 1 saturated carbocycles. The summed E-state index contributed by atoms with van der Waals surface area (Å²) in [5, 5.41) is 11.7. The van der Waals surface area contributed by atoms with Crippen molar-refractivity contribution in [2.75, 3.05) is 13.1 Å². The third-order valence-corrected chi connectivity index (χ3v) is 2.93. The molecule has 0 aromatic carbocycles. The van der Waals surface area contributed by atoms with Gasteiger partial charge in [0.1, 0.15) is 0 Å². The zero-order chi connectivity index (χ0) is 11.3. The molecule has 0 radical (unpaired) electrons. The van der Waals surface area contributed by atoms with Crippen LogP contribution in [0.1, 0.15) is 39.5 Å². The molecule has 0 heterocycles. The van der Waals surface area contributed by atoms with Gasteiger partial charge in [0.2, 0.25) is 0 Å². The lowest BCUT2D eigenvalue weighted by Crippen LogP contribution is -2.42. The average molecular weight is 213 g/mol. The first-order valence-corrected chi connectivity index (χ1v) is 5.84. The maximum atomic E-state index is 8.60. The van der Waals surface area contributed by atoms with Crippen LogP contribution in [0.15, 0.2) is 5.16 Å². The van der Waals surface area contributed by atoms with Crippen molar-refractivity contribution in [1.29, 1.82) is 0 Å². The molecule has 1 fully saturated rings. The first-order valence-electron chi connectivity index (χ1n) is 5.84. The van der Waals surface area contributed by atoms with Gasteiger partial charge in [-0.15, -0.1) is 0 Å². The van der Waals surface area contributed by atoms with Gasteiger partial charge < -0.3 is 10.9 Å². The normalized spacial score (nSPS) is 19.3. The topological polar surface area (TPSA) is 61.8 Å². The quantitative estimate of drug-likeness (QED) is 0.316. The van der Waals surface area contributed by atoms with Crippen molar-refractivity contribution in [3.63, 3.8) is 0 Å². The summed E-state index contributed by atoms with van der Waals surface area (Å²) in [6, 6.07) is 0.632. The molecular weight excluding hydrogens is 190 g/mol. The SMILES string of the molecule is CC(C)CN(CC(N)=NO)C1CCCC1. The van der Waals surface area contributed by atoms with Crippen LogP contribution in [0, 0.1) is 5.92 Å². The monoisotopic (exact) mass is 213 g/mol. The van der Waals surface area contributed by atoms with E-state index in [0.717, 1.165) is 6.54 Å². The summed E-state index contributed by atoms with van der Waals surface area (Å²) >= 11 is 0. The number of hydrogen-bond acceptors (Lipinski definition) is 3. The lowest BCUT2D eigenvalue weighted by Gasteiger charge is -2.29. The van der Waals surface area contributed by atoms with E-state index in [1.165, 1.54) is 25.7 Å². The van der Waals surface area contributed by atoms with Crippen LogP contribution in [-0.4, -0.2) is 35.1 Å². The van der Waals surface area contributed by atoms with Gasteiger partial charge in [-0.3, -0.25) is 4.90 Å². The highest BCUT2D eigenvalue weighted by molar-refractivity contribution is 5.81. The number of oxime groups is 1. The predicted molar refractivity (Wildman–Crippen MR) is 62.1 cm³/mol. The van der Waals surface area contributed by atoms with Gasteiger partial charge in [0.05, 0.1) is 6.54 Å². The lowest BCUT2D eigenvalue weighted by molar-refractivity contribution is 0.199. The van der Waals surface area contributed by atoms with Crippen LogP contribution in [-0.2, 0) is 0 Å². The molecule has 4 heteroatoms. The van der Waals surface area contributed by atoms with Crippen LogP contribution in [0.25, 0.3) is 0 Å². The van der Waals surface area contributed by atoms with Crippen LogP contribution in [0.3, 0.4) is 0 Å². The maximum Gasteiger partial charge on any atom is 0.153 e. The largest absolute Gasteiger partial charge is 0.409 e. The second-order valence-electron chi connectivity index (χ2n) is 4.85. The minimum Gasteiger partial charge on any atom is -0.409 e. The molecule has 0 atom stereocenters. The minimum absolute atomic E-state index is 0.322. The molecule has 1 aliphatic carbocycles. The molecule has 15 heavy (non-hydrogen) atoms. The Labute approximate surface area is 92.1 Å². The van der Waals surface area contributed by atoms with Gasteiger partial charge in [-0.25, -0.2) is 0 Å². The third-order valence-electron chi connectivity index (χ3n) is 2.93. The number of hydrogen-bond donors (Lipinski definition) is 2. The number of rotatable bonds is 5. The fourth-order valence-electron chi connectivity index (χ4n) is 2.32. The molecule has 3 N–H and O–H groups in total. The van der Waals surface area contributed by atoms with E-state index in [9.17, 15) is 0 Å². The molecule has 0 unspecified atom stereocenters. The molecular formula is C11H23N3O. The van der Waals surface area contributed by atoms with Gasteiger partial charge in [0.25, 0.3) is 0 Å². The molecule has 0 spiro atoms. The third kappa shape index (κ3) is 4.08. The van der Waals surface area contributed by atoms with Crippen molar-refractivity contribution >= 4 is 5.84 Å². The second kappa shape index (κ2) is 5.95. The highest BCUT2D eigenvalue weighted by atomic mass is 16.4. The summed E-state index contributed by atoms with van der Waals surface area (Å²) in [6.07, 6.45) is 5.14. The van der Waals surface area contributed by atoms with Crippen LogP contribution >= 0.6 is 0 Å². The molecule has 0 amide bonds. The van der Waals surface area contributed by atoms with E-state index < -0.39 is 0 Å². The zero-order valence-electron chi connectivity index (χ0n) is 9.82. The highest BCUT2D eigenvalue weighted by Crippen LogP contribution is 2.23. The average Bonchev–Trinajstić information content (AvgIpc) is 2.68. The number of amidine groups is 1. The van der Waals surface area contributed by atoms with E-state index in [1.54, 1.807) is 0 Å². The van der Waals surface area contributed by atoms with Crippen molar-refractivity contribution in [1.82, 2.24) is 4.90 Å². The van der Waals surface area contributed by atoms with E-state index in [1.807, 2.05) is 0 Å². The van der Waals surface area contributed by atoms with Crippen molar-refractivity contribution < 1.29 is 5.21 Å². The van der Waals surface area contributed by atoms with Gasteiger partial charge in [-0.1, -0.05) is 31.8 Å². The Hall–Kier alpha value is -0.770. The smallest absolute Gasteiger partial charge is 0.153 e. The molecule has 1 rings (SSSR count). The Morgan fingerprint density at radius 3 is 2.53 bits per heavy atom. The summed E-state index contributed by atoms with van der Waals surface area (Å²) < 4.78 is 0. The van der Waals surface area contributed by atoms with Gasteiger partial charge >= 0.3 is 0 Å². The van der Waals surface area contributed by atoms with E-state index in [2.05, 4.69) is 23.9 Å². The van der Waals surface area contributed by atoms with E-state index in [-0.39, 0.29) is 0 Å². The van der Waals surface area contributed by atoms with E-state index in [0.29, 0.717) is 24.3 Å². The Bertz CT molecular complexity index is 210. The van der Waals surface area contributed by atoms with E-state index >= 15 is 0 Å². The molecule has 0 aromatic rings. The highest BCUT2D eigenvalue weighted by Gasteiger charge is 2.23. The van der Waals surface area contributed by atoms with Crippen molar-refractivity contribution in [3.05, 3.63) is 0 Å². The molecule has 0 bridgehead atoms. The van der Waals surface area contributed by atoms with Gasteiger partial charge in [-0.2, -0.15) is 0 Å². The molecule has 88 valence electrons. The summed E-state index contributed by atoms with van der Waals surface area (Å²) in [6.45, 7) is 6.03. The molecule has 0 saturated heterocycles. The van der Waals surface area contributed by atoms with Gasteiger partial charge in [0.15, 0.2) is 5.84 Å². The van der Waals surface area contributed by atoms with Crippen molar-refractivity contribution in [3.8, 4) is 0 Å². The van der Waals surface area contributed by atoms with Gasteiger partial charge in [0, 0.05) is 12.6 Å². The van der Waals surface area contributed by atoms with Crippen molar-refractivity contribution in [2.24, 2.45) is 16.8 Å². The molecule has 1 aliphatic rings. The van der Waals surface area contributed by atoms with Crippen LogP contribution in [0.4, 0.5) is 0 Å². The second-order valence-corrected chi connectivity index (χ2v) is 4.85. The minimum atomic E-state index is 0.322. The lowest BCUT2D eigenvalue weighted by atomic mass is 10.1. The number of nitrogens with two attached hydrogens (primary N) is 1. The zero-order valence-corrected chi connectivity index (χ0v) is 9.82. The molecule has 0 aliphatic heterocycles. The van der Waals surface area contributed by atoms with E-state index in [4.69, 9.17) is 10.9 Å². The molecule has 4 nitrogen and oxygen atoms in total. The fraction of sp³-hybridized carbons (Fsp3) is 0.909. The summed E-state index contributed by atoms with van der Waals surface area (Å²) in [5.74, 6) is 0.944. The Balaban J connectivity index is 2.51. The predicted octanol–water partition coefficient (Wildman–Crippen LogP) is 1.63. The summed E-state index contributed by atoms with van der Waals surface area (Å²) in [5.41, 5.74) is 5.58. The first-order chi connectivity index (χ1) is 7.13. The fourth-order valence-corrected chi connectivity index (χ4v) is 2.32. The summed E-state index contributed by atoms with van der Waals surface area (Å²) in [4.78, 5) is 2.35. The summed E-state index contributed by atoms with van der Waals surface area (Å²) in [7, 11) is 0. The van der Waals surface area contributed by atoms with Crippen molar-refractivity contribution in [2.45, 2.75) is 45.6 Å². The Morgan fingerprint density at radius 2 is 2.07 bits per heavy atom. The molecule has 0 aromatic heterocycles. The maximum absolute atomic E-state index is 8.60. The first kappa shape index (κ1) is 12.3. The van der Waals surface area contributed by atoms with Gasteiger partial charge in [-0.05, 0) is 18.8 Å². The number of nitrogens with zero attached hydrogens (tertiary/aromatic N) is 2. The van der Waals surface area contributed by atoms with Crippen LogP contribution < -0.4 is 5.73 Å². The standard InChI is InChI=1S/C11H23N3O/c1-9(2)7-14(8-11(12)13-15)10-5-3-4-6-10/h9-10,15H,3-8H2,1-2H3,(H2,12,13).